The third-order valence-electron chi connectivity index (χ3n) is 4.16. The Bertz CT molecular complexity index is 1210. The number of aryl methyl sites for hydroxylation is 2. The number of primary sulfonamides is 1. The minimum atomic E-state index is -4.94. The Hall–Kier alpha value is -2.49. The summed E-state index contributed by atoms with van der Waals surface area (Å²) in [6, 6.07) is 12.3. The fourth-order valence-electron chi connectivity index (χ4n) is 2.81. The number of nitrogens with zero attached hydrogens (tertiary/aromatic N) is 4. The molecule has 2 aromatic heterocycles. The summed E-state index contributed by atoms with van der Waals surface area (Å²) in [4.78, 5) is 2.06. The largest absolute Gasteiger partial charge is 0.416 e. The molecule has 0 aliphatic heterocycles. The Labute approximate surface area is 197 Å². The number of anilines is 1. The van der Waals surface area contributed by atoms with Crippen LogP contribution in [0.3, 0.4) is 0 Å². The summed E-state index contributed by atoms with van der Waals surface area (Å²) < 4.78 is 58.5. The number of hydrogen-bond acceptors (Lipinski definition) is 10. The van der Waals surface area contributed by atoms with Crippen molar-refractivity contribution in [3.63, 3.8) is 0 Å². The highest BCUT2D eigenvalue weighted by Gasteiger charge is 2.25. The molecule has 0 saturated heterocycles. The van der Waals surface area contributed by atoms with E-state index in [1.54, 1.807) is 0 Å². The van der Waals surface area contributed by atoms with Crippen LogP contribution in [0.15, 0.2) is 40.7 Å². The second-order valence-electron chi connectivity index (χ2n) is 7.00. The molecule has 0 atom stereocenters. The van der Waals surface area contributed by atoms with Crippen LogP contribution in [0.5, 0.6) is 0 Å². The van der Waals surface area contributed by atoms with E-state index in [1.165, 1.54) is 0 Å². The van der Waals surface area contributed by atoms with Gasteiger partial charge in [-0.1, -0.05) is 24.3 Å². The number of pyridine rings is 1. The standard InChI is InChI=1S/C19H22N5O2S2.ClHO4/c1-13-11-16(6-5-15-7-9-17(10-8-15)23(3)4)12-14(2)24(13)18-21-22-19(27-18)28(20,25)26;2-1(3,4)5/h5-12H,1-4H3,(H2,20,25,26);(H,2,3,4,5)/q+1;/p-1. The zero-order chi connectivity index (χ0) is 25.0. The maximum atomic E-state index is 11.4. The van der Waals surface area contributed by atoms with Gasteiger partial charge in [-0.25, -0.2) is 32.2 Å². The average molecular weight is 516 g/mol. The molecule has 0 bridgehead atoms. The lowest BCUT2D eigenvalue weighted by molar-refractivity contribution is -2.00. The first-order chi connectivity index (χ1) is 15.1. The van der Waals surface area contributed by atoms with Crippen LogP contribution < -0.4 is 33.2 Å². The number of rotatable bonds is 5. The van der Waals surface area contributed by atoms with Gasteiger partial charge in [0, 0.05) is 19.8 Å². The first kappa shape index (κ1) is 26.8. The van der Waals surface area contributed by atoms with Crippen molar-refractivity contribution in [2.45, 2.75) is 18.2 Å². The van der Waals surface area contributed by atoms with Gasteiger partial charge in [0.1, 0.15) is 11.4 Å². The van der Waals surface area contributed by atoms with Crippen LogP contribution >= 0.6 is 11.3 Å². The van der Waals surface area contributed by atoms with Crippen molar-refractivity contribution in [1.82, 2.24) is 10.2 Å². The Balaban J connectivity index is 0.000000696. The predicted molar refractivity (Wildman–Crippen MR) is 112 cm³/mol. The van der Waals surface area contributed by atoms with Crippen molar-refractivity contribution >= 4 is 39.2 Å². The zero-order valence-electron chi connectivity index (χ0n) is 18.1. The highest BCUT2D eigenvalue weighted by Crippen LogP contribution is 2.18. The van der Waals surface area contributed by atoms with Gasteiger partial charge in [-0.15, -0.1) is 10.2 Å². The molecule has 0 radical (unpaired) electrons. The van der Waals surface area contributed by atoms with Crippen LogP contribution in [0, 0.1) is 24.1 Å². The predicted octanol–water partition coefficient (Wildman–Crippen LogP) is -2.44. The molecule has 14 heteroatoms. The first-order valence-electron chi connectivity index (χ1n) is 9.12. The quantitative estimate of drug-likeness (QED) is 0.360. The van der Waals surface area contributed by atoms with Gasteiger partial charge in [0.2, 0.25) is 0 Å². The second kappa shape index (κ2) is 10.6. The molecular weight excluding hydrogens is 494 g/mol. The normalized spacial score (nSPS) is 11.9. The van der Waals surface area contributed by atoms with Crippen LogP contribution in [-0.4, -0.2) is 32.7 Å². The van der Waals surface area contributed by atoms with E-state index >= 15 is 0 Å². The number of sulfonamides is 1. The Morgan fingerprint density at radius 1 is 0.970 bits per heavy atom. The van der Waals surface area contributed by atoms with Crippen molar-refractivity contribution in [3.05, 3.63) is 58.9 Å². The smallest absolute Gasteiger partial charge is 0.378 e. The molecule has 33 heavy (non-hydrogen) atoms. The summed E-state index contributed by atoms with van der Waals surface area (Å²) in [5.74, 6) is 0. The molecule has 3 rings (SSSR count). The number of benzene rings is 1. The summed E-state index contributed by atoms with van der Waals surface area (Å²) in [6.07, 6.45) is 4.10. The molecule has 0 saturated carbocycles. The molecule has 11 nitrogen and oxygen atoms in total. The number of halogens is 1. The molecule has 1 aromatic carbocycles. The summed E-state index contributed by atoms with van der Waals surface area (Å²) in [5.41, 5.74) is 5.14. The molecule has 0 aliphatic rings. The van der Waals surface area contributed by atoms with Gasteiger partial charge >= 0.3 is 5.13 Å². The molecular formula is C19H22ClN5O6S2. The van der Waals surface area contributed by atoms with E-state index < -0.39 is 20.3 Å². The minimum Gasteiger partial charge on any atom is -0.378 e. The molecule has 0 spiro atoms. The zero-order valence-corrected chi connectivity index (χ0v) is 20.5. The Kier molecular flexibility index (Phi) is 8.62. The van der Waals surface area contributed by atoms with Crippen molar-refractivity contribution < 1.29 is 41.9 Å². The molecule has 0 fully saturated rings. The topological polar surface area (TPSA) is 185 Å². The lowest BCUT2D eigenvalue weighted by Gasteiger charge is -2.17. The van der Waals surface area contributed by atoms with Crippen LogP contribution in [0.1, 0.15) is 22.5 Å². The van der Waals surface area contributed by atoms with Crippen molar-refractivity contribution in [2.75, 3.05) is 19.0 Å². The monoisotopic (exact) mass is 515 g/mol. The van der Waals surface area contributed by atoms with E-state index in [0.717, 1.165) is 39.5 Å². The second-order valence-corrected chi connectivity index (χ2v) is 10.4. The third-order valence-corrected chi connectivity index (χ3v) is 6.38. The van der Waals surface area contributed by atoms with Crippen molar-refractivity contribution in [1.29, 1.82) is 0 Å². The molecule has 0 amide bonds. The fourth-order valence-corrected chi connectivity index (χ4v) is 4.35. The van der Waals surface area contributed by atoms with Crippen LogP contribution in [0.2, 0.25) is 0 Å². The maximum Gasteiger partial charge on any atom is 0.416 e. The third kappa shape index (κ3) is 8.42. The van der Waals surface area contributed by atoms with E-state index in [1.807, 2.05) is 50.7 Å². The SMILES string of the molecule is Cc1cc(/C=C/c2ccc(N(C)C)cc2)cc(C)[n+]1-c1nnc(S(N)(=O)=O)s1.[O-][Cl+3]([O-])([O-])[O-]. The van der Waals surface area contributed by atoms with Gasteiger partial charge in [0.05, 0.1) is 5.10 Å². The number of aromatic nitrogens is 3. The molecule has 0 aliphatic carbocycles. The average Bonchev–Trinajstić information content (AvgIpc) is 3.15. The molecule has 2 heterocycles. The fraction of sp³-hybridized carbons (Fsp3) is 0.211. The van der Waals surface area contributed by atoms with Gasteiger partial charge in [0.15, 0.2) is 0 Å². The van der Waals surface area contributed by atoms with Gasteiger partial charge in [-0.05, 0) is 65.7 Å². The molecule has 178 valence electrons. The van der Waals surface area contributed by atoms with E-state index in [2.05, 4.69) is 45.4 Å². The number of nitrogens with two attached hydrogens (primary N) is 1. The van der Waals surface area contributed by atoms with E-state index in [9.17, 15) is 8.42 Å². The van der Waals surface area contributed by atoms with Crippen LogP contribution in [0.4, 0.5) is 5.69 Å². The first-order valence-corrected chi connectivity index (χ1v) is 12.7. The van der Waals surface area contributed by atoms with E-state index in [0.29, 0.717) is 5.13 Å². The van der Waals surface area contributed by atoms with Gasteiger partial charge in [-0.3, -0.25) is 0 Å². The van der Waals surface area contributed by atoms with Gasteiger partial charge in [-0.2, -0.15) is 4.57 Å². The van der Waals surface area contributed by atoms with Crippen molar-refractivity contribution in [2.24, 2.45) is 5.14 Å². The van der Waals surface area contributed by atoms with Crippen LogP contribution in [-0.2, 0) is 10.0 Å². The molecule has 2 N–H and O–H groups in total. The summed E-state index contributed by atoms with van der Waals surface area (Å²) in [7, 11) is -4.77. The summed E-state index contributed by atoms with van der Waals surface area (Å²) >= 11 is 0.947. The molecule has 3 aromatic rings. The Morgan fingerprint density at radius 2 is 1.45 bits per heavy atom. The molecule has 0 unspecified atom stereocenters. The lowest BCUT2D eigenvalue weighted by Crippen LogP contribution is -2.68. The van der Waals surface area contributed by atoms with Gasteiger partial charge < -0.3 is 4.90 Å². The number of hydrogen-bond donors (Lipinski definition) is 1. The van der Waals surface area contributed by atoms with E-state index in [-0.39, 0.29) is 4.34 Å². The highest BCUT2D eigenvalue weighted by molar-refractivity contribution is 7.91. The maximum absolute atomic E-state index is 11.4. The minimum absolute atomic E-state index is 0.195. The van der Waals surface area contributed by atoms with Gasteiger partial charge in [0.25, 0.3) is 14.4 Å². The van der Waals surface area contributed by atoms with E-state index in [4.69, 9.17) is 23.8 Å². The summed E-state index contributed by atoms with van der Waals surface area (Å²) in [5, 5.41) is 13.2. The Morgan fingerprint density at radius 3 is 1.88 bits per heavy atom. The van der Waals surface area contributed by atoms with Crippen molar-refractivity contribution in [3.8, 4) is 5.13 Å². The summed E-state index contributed by atoms with van der Waals surface area (Å²) in [6.45, 7) is 3.88. The van der Waals surface area contributed by atoms with Crippen LogP contribution in [0.25, 0.3) is 17.3 Å². The lowest BCUT2D eigenvalue weighted by atomic mass is 10.1. The highest BCUT2D eigenvalue weighted by atomic mass is 35.7.